The van der Waals surface area contributed by atoms with E-state index in [2.05, 4.69) is 35.6 Å². The third kappa shape index (κ3) is 4.54. The SMILES string of the molecule is CCc1cccc(N2C(=O)NC(c3ccc(SC)cc3)C(c3nc(-c4cccc(C)c4)no3)=C2C)c1. The Morgan fingerprint density at radius 2 is 1.81 bits per heavy atom. The molecular weight excluding hydrogens is 468 g/mol. The number of aromatic nitrogens is 2. The zero-order valence-corrected chi connectivity index (χ0v) is 21.6. The molecule has 0 radical (unpaired) electrons. The fourth-order valence-electron chi connectivity index (χ4n) is 4.53. The van der Waals surface area contributed by atoms with Crippen molar-refractivity contribution in [1.29, 1.82) is 0 Å². The van der Waals surface area contributed by atoms with Crippen LogP contribution in [0.15, 0.2) is 87.9 Å². The Bertz CT molecular complexity index is 1440. The third-order valence-electron chi connectivity index (χ3n) is 6.44. The maximum absolute atomic E-state index is 13.5. The van der Waals surface area contributed by atoms with E-state index < -0.39 is 6.04 Å². The van der Waals surface area contributed by atoms with Gasteiger partial charge in [0.05, 0.1) is 17.3 Å². The summed E-state index contributed by atoms with van der Waals surface area (Å²) in [4.78, 5) is 21.1. The van der Waals surface area contributed by atoms with Crippen LogP contribution in [-0.2, 0) is 6.42 Å². The molecule has 0 saturated carbocycles. The molecule has 182 valence electrons. The lowest BCUT2D eigenvalue weighted by Gasteiger charge is -2.35. The quantitative estimate of drug-likeness (QED) is 0.290. The van der Waals surface area contributed by atoms with Crippen molar-refractivity contribution >= 4 is 29.1 Å². The molecule has 1 aromatic heterocycles. The molecule has 1 unspecified atom stereocenters. The van der Waals surface area contributed by atoms with E-state index in [4.69, 9.17) is 9.51 Å². The topological polar surface area (TPSA) is 71.3 Å². The average molecular weight is 497 g/mol. The van der Waals surface area contributed by atoms with Gasteiger partial charge in [-0.1, -0.05) is 60.1 Å². The van der Waals surface area contributed by atoms with Crippen LogP contribution in [-0.4, -0.2) is 22.4 Å². The Kier molecular flexibility index (Phi) is 6.65. The Labute approximate surface area is 215 Å². The van der Waals surface area contributed by atoms with Crippen LogP contribution in [0.3, 0.4) is 0 Å². The van der Waals surface area contributed by atoms with Gasteiger partial charge in [0.15, 0.2) is 0 Å². The first-order valence-corrected chi connectivity index (χ1v) is 13.2. The van der Waals surface area contributed by atoms with E-state index in [0.29, 0.717) is 11.7 Å². The van der Waals surface area contributed by atoms with Crippen molar-refractivity contribution in [3.63, 3.8) is 0 Å². The molecule has 1 aliphatic heterocycles. The van der Waals surface area contributed by atoms with E-state index in [1.165, 1.54) is 0 Å². The van der Waals surface area contributed by atoms with Gasteiger partial charge in [-0.15, -0.1) is 11.8 Å². The van der Waals surface area contributed by atoms with Crippen LogP contribution in [0.2, 0.25) is 0 Å². The van der Waals surface area contributed by atoms with Crippen molar-refractivity contribution in [3.8, 4) is 11.4 Å². The molecule has 6 nitrogen and oxygen atoms in total. The molecule has 2 amide bonds. The summed E-state index contributed by atoms with van der Waals surface area (Å²) in [6, 6.07) is 23.6. The van der Waals surface area contributed by atoms with Crippen molar-refractivity contribution < 1.29 is 9.32 Å². The Morgan fingerprint density at radius 1 is 1.03 bits per heavy atom. The van der Waals surface area contributed by atoms with Crippen LogP contribution in [0.1, 0.15) is 42.5 Å². The van der Waals surface area contributed by atoms with Crippen LogP contribution in [0.25, 0.3) is 17.0 Å². The highest BCUT2D eigenvalue weighted by atomic mass is 32.2. The Morgan fingerprint density at radius 3 is 2.53 bits per heavy atom. The van der Waals surface area contributed by atoms with Gasteiger partial charge >= 0.3 is 6.03 Å². The zero-order valence-electron chi connectivity index (χ0n) is 20.8. The minimum absolute atomic E-state index is 0.193. The molecule has 0 bridgehead atoms. The number of aryl methyl sites for hydroxylation is 2. The number of allylic oxidation sites excluding steroid dienone is 1. The molecule has 36 heavy (non-hydrogen) atoms. The predicted octanol–water partition coefficient (Wildman–Crippen LogP) is 7.03. The van der Waals surface area contributed by atoms with Crippen LogP contribution < -0.4 is 10.2 Å². The number of urea groups is 1. The van der Waals surface area contributed by atoms with Crippen LogP contribution in [0.5, 0.6) is 0 Å². The van der Waals surface area contributed by atoms with E-state index >= 15 is 0 Å². The number of anilines is 1. The number of amides is 2. The number of nitrogens with zero attached hydrogens (tertiary/aromatic N) is 3. The predicted molar refractivity (Wildman–Crippen MR) is 145 cm³/mol. The number of thioether (sulfide) groups is 1. The number of nitrogens with one attached hydrogen (secondary N) is 1. The molecule has 0 fully saturated rings. The fraction of sp³-hybridized carbons (Fsp3) is 0.207. The lowest BCUT2D eigenvalue weighted by atomic mass is 9.94. The number of rotatable bonds is 6. The molecular formula is C29H28N4O2S. The summed E-state index contributed by atoms with van der Waals surface area (Å²) >= 11 is 1.68. The molecule has 0 spiro atoms. The number of hydrogen-bond donors (Lipinski definition) is 1. The van der Waals surface area contributed by atoms with Crippen molar-refractivity contribution in [1.82, 2.24) is 15.5 Å². The molecule has 3 aromatic carbocycles. The van der Waals surface area contributed by atoms with Gasteiger partial charge in [0, 0.05) is 16.2 Å². The summed E-state index contributed by atoms with van der Waals surface area (Å²) in [5, 5.41) is 7.47. The van der Waals surface area contributed by atoms with Gasteiger partial charge in [-0.05, 0) is 68.0 Å². The first-order valence-electron chi connectivity index (χ1n) is 11.9. The summed E-state index contributed by atoms with van der Waals surface area (Å²) in [5.41, 5.74) is 6.45. The summed E-state index contributed by atoms with van der Waals surface area (Å²) < 4.78 is 5.83. The van der Waals surface area contributed by atoms with Gasteiger partial charge < -0.3 is 9.84 Å². The number of hydrogen-bond acceptors (Lipinski definition) is 5. The Hall–Kier alpha value is -3.84. The van der Waals surface area contributed by atoms with E-state index in [0.717, 1.165) is 50.5 Å². The molecule has 1 aliphatic rings. The molecule has 2 heterocycles. The maximum Gasteiger partial charge on any atom is 0.326 e. The lowest BCUT2D eigenvalue weighted by Crippen LogP contribution is -2.46. The minimum atomic E-state index is -0.426. The van der Waals surface area contributed by atoms with Crippen LogP contribution in [0.4, 0.5) is 10.5 Å². The van der Waals surface area contributed by atoms with Gasteiger partial charge in [0.25, 0.3) is 5.89 Å². The summed E-state index contributed by atoms with van der Waals surface area (Å²) in [5.74, 6) is 0.904. The molecule has 5 rings (SSSR count). The number of carbonyl (C=O) groups is 1. The number of carbonyl (C=O) groups excluding carboxylic acids is 1. The first-order chi connectivity index (χ1) is 17.5. The second-order valence-corrected chi connectivity index (χ2v) is 9.69. The van der Waals surface area contributed by atoms with E-state index in [1.54, 1.807) is 16.7 Å². The molecule has 0 aliphatic carbocycles. The second kappa shape index (κ2) is 10.0. The van der Waals surface area contributed by atoms with E-state index in [1.807, 2.05) is 74.7 Å². The molecule has 4 aromatic rings. The largest absolute Gasteiger partial charge is 0.334 e. The normalized spacial score (nSPS) is 15.8. The summed E-state index contributed by atoms with van der Waals surface area (Å²) in [7, 11) is 0. The summed E-state index contributed by atoms with van der Waals surface area (Å²) in [6.07, 6.45) is 2.92. The second-order valence-electron chi connectivity index (χ2n) is 8.81. The number of benzene rings is 3. The van der Waals surface area contributed by atoms with Gasteiger partial charge in [-0.2, -0.15) is 4.98 Å². The summed E-state index contributed by atoms with van der Waals surface area (Å²) in [6.45, 7) is 6.07. The maximum atomic E-state index is 13.5. The van der Waals surface area contributed by atoms with Gasteiger partial charge in [-0.3, -0.25) is 4.90 Å². The van der Waals surface area contributed by atoms with Crippen LogP contribution >= 0.6 is 11.8 Å². The molecule has 7 heteroatoms. The highest BCUT2D eigenvalue weighted by Crippen LogP contribution is 2.39. The van der Waals surface area contributed by atoms with Crippen molar-refractivity contribution in [2.45, 2.75) is 38.1 Å². The van der Waals surface area contributed by atoms with Crippen molar-refractivity contribution in [2.75, 3.05) is 11.2 Å². The monoisotopic (exact) mass is 496 g/mol. The van der Waals surface area contributed by atoms with Crippen molar-refractivity contribution in [2.24, 2.45) is 0 Å². The van der Waals surface area contributed by atoms with E-state index in [9.17, 15) is 4.79 Å². The third-order valence-corrected chi connectivity index (χ3v) is 7.19. The van der Waals surface area contributed by atoms with E-state index in [-0.39, 0.29) is 6.03 Å². The lowest BCUT2D eigenvalue weighted by molar-refractivity contribution is 0.244. The molecule has 1 atom stereocenters. The van der Waals surface area contributed by atoms with Gasteiger partial charge in [0.2, 0.25) is 5.82 Å². The zero-order chi connectivity index (χ0) is 25.2. The van der Waals surface area contributed by atoms with Gasteiger partial charge in [0.1, 0.15) is 0 Å². The minimum Gasteiger partial charge on any atom is -0.334 e. The molecule has 0 saturated heterocycles. The smallest absolute Gasteiger partial charge is 0.326 e. The standard InChI is InChI=1S/C29H28N4O2S/c1-5-20-9-7-11-23(17-20)33-19(3)25(26(30-29(33)34)21-12-14-24(36-4)15-13-21)28-31-27(32-35-28)22-10-6-8-18(2)16-22/h6-17,26H,5H2,1-4H3,(H,30,34). The van der Waals surface area contributed by atoms with Gasteiger partial charge in [-0.25, -0.2) is 4.79 Å². The Balaban J connectivity index is 1.65. The average Bonchev–Trinajstić information content (AvgIpc) is 3.38. The van der Waals surface area contributed by atoms with Crippen LogP contribution in [0, 0.1) is 6.92 Å². The molecule has 1 N–H and O–H groups in total. The highest BCUT2D eigenvalue weighted by Gasteiger charge is 2.36. The highest BCUT2D eigenvalue weighted by molar-refractivity contribution is 7.98. The first kappa shape index (κ1) is 23.9. The van der Waals surface area contributed by atoms with Crippen molar-refractivity contribution in [3.05, 3.63) is 101 Å². The fourth-order valence-corrected chi connectivity index (χ4v) is 4.94.